The van der Waals surface area contributed by atoms with Crippen LogP contribution in [0.25, 0.3) is 0 Å². The molecule has 0 saturated heterocycles. The van der Waals surface area contributed by atoms with Gasteiger partial charge in [0.25, 0.3) is 5.91 Å². The average Bonchev–Trinajstić information content (AvgIpc) is 3.19. The lowest BCUT2D eigenvalue weighted by Crippen LogP contribution is -2.44. The van der Waals surface area contributed by atoms with Crippen molar-refractivity contribution in [3.05, 3.63) is 29.3 Å². The molecule has 1 aromatic carbocycles. The van der Waals surface area contributed by atoms with E-state index in [0.717, 1.165) is 24.0 Å². The molecule has 0 radical (unpaired) electrons. The molecule has 0 bridgehead atoms. The summed E-state index contributed by atoms with van der Waals surface area (Å²) < 4.78 is 5.51. The van der Waals surface area contributed by atoms with E-state index in [2.05, 4.69) is 5.32 Å². The molecule has 0 aromatic heterocycles. The molecule has 1 fully saturated rings. The number of carboxylic acid groups (broad SMARTS) is 1. The normalized spacial score (nSPS) is 15.5. The van der Waals surface area contributed by atoms with Crippen LogP contribution in [0.2, 0.25) is 0 Å². The van der Waals surface area contributed by atoms with E-state index >= 15 is 0 Å². The molecule has 0 aliphatic heterocycles. The summed E-state index contributed by atoms with van der Waals surface area (Å²) in [4.78, 5) is 22.8. The number of benzene rings is 1. The fourth-order valence-corrected chi connectivity index (χ4v) is 2.19. The van der Waals surface area contributed by atoms with Gasteiger partial charge in [0, 0.05) is 0 Å². The summed E-state index contributed by atoms with van der Waals surface area (Å²) in [7, 11) is 0. The number of hydrogen-bond acceptors (Lipinski definition) is 3. The third-order valence-corrected chi connectivity index (χ3v) is 3.43. The molecule has 0 heterocycles. The zero-order valence-electron chi connectivity index (χ0n) is 11.7. The Hall–Kier alpha value is -2.04. The van der Waals surface area contributed by atoms with Crippen LogP contribution < -0.4 is 10.1 Å². The highest BCUT2D eigenvalue weighted by Crippen LogP contribution is 2.32. The number of aliphatic carboxylic acids is 1. The lowest BCUT2D eigenvalue weighted by Gasteiger charge is -2.15. The molecular weight excluding hydrogens is 258 g/mol. The Morgan fingerprint density at radius 1 is 1.35 bits per heavy atom. The second-order valence-corrected chi connectivity index (χ2v) is 5.23. The van der Waals surface area contributed by atoms with Gasteiger partial charge in [0.2, 0.25) is 0 Å². The van der Waals surface area contributed by atoms with Crippen molar-refractivity contribution in [2.24, 2.45) is 5.92 Å². The van der Waals surface area contributed by atoms with Crippen molar-refractivity contribution < 1.29 is 19.4 Å². The number of hydrogen-bond donors (Lipinski definition) is 2. The summed E-state index contributed by atoms with van der Waals surface area (Å²) in [6, 6.07) is 4.95. The Bertz CT molecular complexity index is 502. The smallest absolute Gasteiger partial charge is 0.326 e. The van der Waals surface area contributed by atoms with Crippen LogP contribution in [0.4, 0.5) is 0 Å². The van der Waals surface area contributed by atoms with Gasteiger partial charge in [-0.15, -0.1) is 0 Å². The van der Waals surface area contributed by atoms with Crippen molar-refractivity contribution in [3.8, 4) is 5.75 Å². The van der Waals surface area contributed by atoms with Crippen LogP contribution in [0.15, 0.2) is 18.2 Å². The number of aryl methyl sites for hydroxylation is 2. The fraction of sp³-hybridized carbons (Fsp3) is 0.467. The van der Waals surface area contributed by atoms with E-state index in [9.17, 15) is 9.59 Å². The average molecular weight is 277 g/mol. The second kappa shape index (κ2) is 5.94. The largest absolute Gasteiger partial charge is 0.483 e. The van der Waals surface area contributed by atoms with Crippen LogP contribution in [0.5, 0.6) is 5.75 Å². The van der Waals surface area contributed by atoms with E-state index in [1.807, 2.05) is 32.0 Å². The van der Waals surface area contributed by atoms with Gasteiger partial charge >= 0.3 is 5.97 Å². The molecule has 5 nitrogen and oxygen atoms in total. The zero-order chi connectivity index (χ0) is 14.7. The Labute approximate surface area is 117 Å². The molecule has 1 aliphatic carbocycles. The standard InChI is InChI=1S/C15H19NO4/c1-9-4-3-5-10(2)14(9)20-8-12(17)16-13(15(18)19)11-6-7-11/h3-5,11,13H,6-8H2,1-2H3,(H,16,17)(H,18,19). The Kier molecular flexibility index (Phi) is 4.27. The first-order valence-corrected chi connectivity index (χ1v) is 6.70. The molecule has 1 aliphatic rings. The van der Waals surface area contributed by atoms with Gasteiger partial charge in [-0.05, 0) is 43.7 Å². The van der Waals surface area contributed by atoms with Gasteiger partial charge in [-0.2, -0.15) is 0 Å². The van der Waals surface area contributed by atoms with Gasteiger partial charge in [-0.3, -0.25) is 4.79 Å². The van der Waals surface area contributed by atoms with Gasteiger partial charge in [-0.25, -0.2) is 4.79 Å². The summed E-state index contributed by atoms with van der Waals surface area (Å²) >= 11 is 0. The number of carbonyl (C=O) groups is 2. The molecule has 1 unspecified atom stereocenters. The topological polar surface area (TPSA) is 75.6 Å². The molecule has 1 aromatic rings. The minimum Gasteiger partial charge on any atom is -0.483 e. The number of para-hydroxylation sites is 1. The van der Waals surface area contributed by atoms with Crippen LogP contribution in [-0.4, -0.2) is 29.6 Å². The Balaban J connectivity index is 1.90. The molecule has 5 heteroatoms. The SMILES string of the molecule is Cc1cccc(C)c1OCC(=O)NC(C(=O)O)C1CC1. The third kappa shape index (κ3) is 3.50. The van der Waals surface area contributed by atoms with E-state index in [1.165, 1.54) is 0 Å². The fourth-order valence-electron chi connectivity index (χ4n) is 2.19. The van der Waals surface area contributed by atoms with Crippen molar-refractivity contribution in [2.75, 3.05) is 6.61 Å². The molecule has 20 heavy (non-hydrogen) atoms. The monoisotopic (exact) mass is 277 g/mol. The third-order valence-electron chi connectivity index (χ3n) is 3.43. The minimum atomic E-state index is -0.979. The van der Waals surface area contributed by atoms with Gasteiger partial charge in [0.05, 0.1) is 0 Å². The summed E-state index contributed by atoms with van der Waals surface area (Å²) in [6.07, 6.45) is 1.71. The number of ether oxygens (including phenoxy) is 1. The van der Waals surface area contributed by atoms with Gasteiger partial charge in [0.1, 0.15) is 11.8 Å². The quantitative estimate of drug-likeness (QED) is 0.829. The van der Waals surface area contributed by atoms with E-state index in [0.29, 0.717) is 5.75 Å². The number of amides is 1. The first kappa shape index (κ1) is 14.4. The van der Waals surface area contributed by atoms with Crippen LogP contribution >= 0.6 is 0 Å². The molecular formula is C15H19NO4. The van der Waals surface area contributed by atoms with Crippen LogP contribution in [-0.2, 0) is 9.59 Å². The number of nitrogens with one attached hydrogen (secondary N) is 1. The van der Waals surface area contributed by atoms with Crippen LogP contribution in [0.3, 0.4) is 0 Å². The molecule has 2 N–H and O–H groups in total. The molecule has 1 atom stereocenters. The lowest BCUT2D eigenvalue weighted by atomic mass is 10.1. The highest BCUT2D eigenvalue weighted by molar-refractivity contribution is 5.84. The van der Waals surface area contributed by atoms with Gasteiger partial charge in [-0.1, -0.05) is 18.2 Å². The maximum absolute atomic E-state index is 11.8. The molecule has 2 rings (SSSR count). The van der Waals surface area contributed by atoms with Crippen molar-refractivity contribution in [2.45, 2.75) is 32.7 Å². The predicted octanol–water partition coefficient (Wildman–Crippen LogP) is 1.66. The molecule has 1 amide bonds. The number of carbonyl (C=O) groups excluding carboxylic acids is 1. The maximum Gasteiger partial charge on any atom is 0.326 e. The highest BCUT2D eigenvalue weighted by atomic mass is 16.5. The maximum atomic E-state index is 11.8. The lowest BCUT2D eigenvalue weighted by molar-refractivity contribution is -0.142. The molecule has 1 saturated carbocycles. The first-order chi connectivity index (χ1) is 9.49. The van der Waals surface area contributed by atoms with E-state index in [1.54, 1.807) is 0 Å². The van der Waals surface area contributed by atoms with Crippen molar-refractivity contribution in [1.29, 1.82) is 0 Å². The summed E-state index contributed by atoms with van der Waals surface area (Å²) in [5.74, 6) is -0.627. The van der Waals surface area contributed by atoms with Gasteiger partial charge in [0.15, 0.2) is 6.61 Å². The summed E-state index contributed by atoms with van der Waals surface area (Å²) in [6.45, 7) is 3.65. The van der Waals surface area contributed by atoms with Crippen LogP contribution in [0.1, 0.15) is 24.0 Å². The number of carboxylic acids is 1. The van der Waals surface area contributed by atoms with E-state index in [-0.39, 0.29) is 12.5 Å². The predicted molar refractivity (Wildman–Crippen MR) is 73.7 cm³/mol. The highest BCUT2D eigenvalue weighted by Gasteiger charge is 2.37. The van der Waals surface area contributed by atoms with E-state index < -0.39 is 17.9 Å². The first-order valence-electron chi connectivity index (χ1n) is 6.70. The van der Waals surface area contributed by atoms with Gasteiger partial charge < -0.3 is 15.2 Å². The second-order valence-electron chi connectivity index (χ2n) is 5.23. The Morgan fingerprint density at radius 3 is 2.45 bits per heavy atom. The van der Waals surface area contributed by atoms with Crippen molar-refractivity contribution in [1.82, 2.24) is 5.32 Å². The molecule has 0 spiro atoms. The minimum absolute atomic E-state index is 0.0663. The summed E-state index contributed by atoms with van der Waals surface area (Å²) in [5.41, 5.74) is 1.91. The van der Waals surface area contributed by atoms with Crippen molar-refractivity contribution in [3.63, 3.8) is 0 Å². The van der Waals surface area contributed by atoms with E-state index in [4.69, 9.17) is 9.84 Å². The number of rotatable bonds is 6. The zero-order valence-corrected chi connectivity index (χ0v) is 11.7. The van der Waals surface area contributed by atoms with Crippen molar-refractivity contribution >= 4 is 11.9 Å². The summed E-state index contributed by atoms with van der Waals surface area (Å²) in [5, 5.41) is 11.6. The molecule has 108 valence electrons. The Morgan fingerprint density at radius 2 is 1.95 bits per heavy atom. The van der Waals surface area contributed by atoms with Crippen LogP contribution in [0, 0.1) is 19.8 Å².